The van der Waals surface area contributed by atoms with Crippen molar-refractivity contribution in [1.82, 2.24) is 0 Å². The lowest BCUT2D eigenvalue weighted by Crippen LogP contribution is -2.30. The molecular formula is C23H22Cl2N2O4S. The largest absolute Gasteiger partial charge is 0.481 e. The molecule has 0 spiro atoms. The number of carbonyl (C=O) groups is 1. The molecule has 0 radical (unpaired) electrons. The topological polar surface area (TPSA) is 84.5 Å². The summed E-state index contributed by atoms with van der Waals surface area (Å²) < 4.78 is 33.4. The van der Waals surface area contributed by atoms with Crippen molar-refractivity contribution in [3.05, 3.63) is 81.8 Å². The van der Waals surface area contributed by atoms with Gasteiger partial charge in [-0.25, -0.2) is 8.42 Å². The number of halogens is 2. The molecular weight excluding hydrogens is 471 g/mol. The first-order valence-electron chi connectivity index (χ1n) is 9.67. The van der Waals surface area contributed by atoms with Gasteiger partial charge in [-0.3, -0.25) is 9.52 Å². The molecule has 3 rings (SSSR count). The van der Waals surface area contributed by atoms with E-state index < -0.39 is 16.1 Å². The molecule has 2 N–H and O–H groups in total. The number of carbonyl (C=O) groups excluding carboxylic acids is 1. The Labute approximate surface area is 197 Å². The zero-order valence-electron chi connectivity index (χ0n) is 17.6. The molecule has 168 valence electrons. The molecule has 1 amide bonds. The summed E-state index contributed by atoms with van der Waals surface area (Å²) in [4.78, 5) is 12.5. The van der Waals surface area contributed by atoms with Crippen LogP contribution in [0.15, 0.2) is 65.6 Å². The van der Waals surface area contributed by atoms with Gasteiger partial charge in [-0.2, -0.15) is 0 Å². The predicted octanol–water partition coefficient (Wildman–Crippen LogP) is 5.82. The van der Waals surface area contributed by atoms with Crippen molar-refractivity contribution >= 4 is 50.5 Å². The van der Waals surface area contributed by atoms with Crippen LogP contribution in [0.4, 0.5) is 11.4 Å². The van der Waals surface area contributed by atoms with Crippen molar-refractivity contribution < 1.29 is 17.9 Å². The lowest BCUT2D eigenvalue weighted by Gasteiger charge is -2.16. The van der Waals surface area contributed by atoms with E-state index in [0.29, 0.717) is 21.5 Å². The number of anilines is 2. The number of sulfonamides is 1. The Bertz CT molecular complexity index is 1230. The van der Waals surface area contributed by atoms with E-state index in [4.69, 9.17) is 27.9 Å². The van der Waals surface area contributed by atoms with Gasteiger partial charge in [0.15, 0.2) is 6.10 Å². The Morgan fingerprint density at radius 1 is 0.875 bits per heavy atom. The van der Waals surface area contributed by atoms with Crippen molar-refractivity contribution in [1.29, 1.82) is 0 Å². The SMILES string of the molecule is Cc1ccc(OC(C)C(=O)Nc2ccc(S(=O)(=O)Nc3cc(Cl)cc(Cl)c3)cc2)cc1C. The molecule has 3 aromatic rings. The Balaban J connectivity index is 1.65. The summed E-state index contributed by atoms with van der Waals surface area (Å²) >= 11 is 11.8. The lowest BCUT2D eigenvalue weighted by atomic mass is 10.1. The predicted molar refractivity (Wildman–Crippen MR) is 128 cm³/mol. The van der Waals surface area contributed by atoms with Crippen LogP contribution in [0.3, 0.4) is 0 Å². The summed E-state index contributed by atoms with van der Waals surface area (Å²) in [5, 5.41) is 3.34. The summed E-state index contributed by atoms with van der Waals surface area (Å²) in [5.74, 6) is 0.245. The molecule has 0 aliphatic rings. The van der Waals surface area contributed by atoms with E-state index in [1.54, 1.807) is 6.92 Å². The standard InChI is InChI=1S/C23H22Cl2N2O4S/c1-14-4-7-21(10-15(14)2)31-16(3)23(28)26-19-5-8-22(9-6-19)32(29,30)27-20-12-17(24)11-18(25)13-20/h4-13,16,27H,1-3H3,(H,26,28). The highest BCUT2D eigenvalue weighted by Crippen LogP contribution is 2.25. The number of aryl methyl sites for hydroxylation is 2. The Morgan fingerprint density at radius 2 is 1.50 bits per heavy atom. The van der Waals surface area contributed by atoms with E-state index in [0.717, 1.165) is 11.1 Å². The molecule has 1 unspecified atom stereocenters. The van der Waals surface area contributed by atoms with Crippen molar-refractivity contribution in [3.8, 4) is 5.75 Å². The highest BCUT2D eigenvalue weighted by atomic mass is 35.5. The number of rotatable bonds is 7. The third-order valence-electron chi connectivity index (χ3n) is 4.71. The first-order chi connectivity index (χ1) is 15.0. The maximum Gasteiger partial charge on any atom is 0.265 e. The highest BCUT2D eigenvalue weighted by molar-refractivity contribution is 7.92. The Morgan fingerprint density at radius 3 is 2.09 bits per heavy atom. The molecule has 0 aromatic heterocycles. The van der Waals surface area contributed by atoms with E-state index in [2.05, 4.69) is 10.0 Å². The van der Waals surface area contributed by atoms with E-state index >= 15 is 0 Å². The maximum absolute atomic E-state index is 12.6. The molecule has 0 fully saturated rings. The minimum atomic E-state index is -3.86. The smallest absolute Gasteiger partial charge is 0.265 e. The number of amides is 1. The first kappa shape index (κ1) is 23.9. The van der Waals surface area contributed by atoms with Crippen molar-refractivity contribution in [2.75, 3.05) is 10.0 Å². The van der Waals surface area contributed by atoms with Gasteiger partial charge in [-0.15, -0.1) is 0 Å². The van der Waals surface area contributed by atoms with Gasteiger partial charge in [0, 0.05) is 15.7 Å². The first-order valence-corrected chi connectivity index (χ1v) is 11.9. The van der Waals surface area contributed by atoms with Gasteiger partial charge in [-0.1, -0.05) is 29.3 Å². The molecule has 6 nitrogen and oxygen atoms in total. The van der Waals surface area contributed by atoms with Gasteiger partial charge < -0.3 is 10.1 Å². The van der Waals surface area contributed by atoms with E-state index in [-0.39, 0.29) is 16.5 Å². The van der Waals surface area contributed by atoms with Crippen molar-refractivity contribution in [2.45, 2.75) is 31.8 Å². The second-order valence-corrected chi connectivity index (χ2v) is 9.84. The minimum absolute atomic E-state index is 0.0195. The van der Waals surface area contributed by atoms with Crippen LogP contribution in [0.1, 0.15) is 18.1 Å². The molecule has 32 heavy (non-hydrogen) atoms. The number of ether oxygens (including phenoxy) is 1. The summed E-state index contributed by atoms with van der Waals surface area (Å²) in [6.45, 7) is 5.61. The highest BCUT2D eigenvalue weighted by Gasteiger charge is 2.17. The second kappa shape index (κ2) is 9.81. The number of benzene rings is 3. The van der Waals surface area contributed by atoms with Crippen molar-refractivity contribution in [3.63, 3.8) is 0 Å². The average Bonchev–Trinajstić information content (AvgIpc) is 2.70. The molecule has 0 aliphatic carbocycles. The maximum atomic E-state index is 12.6. The van der Waals surface area contributed by atoms with Gasteiger partial charge in [-0.05, 0) is 86.5 Å². The van der Waals surface area contributed by atoms with Gasteiger partial charge >= 0.3 is 0 Å². The Hall–Kier alpha value is -2.74. The normalized spacial score (nSPS) is 12.2. The van der Waals surface area contributed by atoms with Crippen LogP contribution in [0.2, 0.25) is 10.0 Å². The van der Waals surface area contributed by atoms with Crippen LogP contribution in [0.5, 0.6) is 5.75 Å². The second-order valence-electron chi connectivity index (χ2n) is 7.28. The molecule has 0 bridgehead atoms. The molecule has 1 atom stereocenters. The fourth-order valence-electron chi connectivity index (χ4n) is 2.83. The number of hydrogen-bond donors (Lipinski definition) is 2. The summed E-state index contributed by atoms with van der Waals surface area (Å²) in [6, 6.07) is 15.8. The van der Waals surface area contributed by atoms with Gasteiger partial charge in [0.2, 0.25) is 0 Å². The molecule has 9 heteroatoms. The van der Waals surface area contributed by atoms with Gasteiger partial charge in [0.25, 0.3) is 15.9 Å². The average molecular weight is 493 g/mol. The van der Waals surface area contributed by atoms with Gasteiger partial charge in [0.1, 0.15) is 5.75 Å². The number of hydrogen-bond acceptors (Lipinski definition) is 4. The van der Waals surface area contributed by atoms with Crippen molar-refractivity contribution in [2.24, 2.45) is 0 Å². The zero-order chi connectivity index (χ0) is 23.5. The number of nitrogens with one attached hydrogen (secondary N) is 2. The molecule has 0 saturated heterocycles. The summed E-state index contributed by atoms with van der Waals surface area (Å²) in [6.07, 6.45) is -0.741. The van der Waals surface area contributed by atoms with Gasteiger partial charge in [0.05, 0.1) is 10.6 Å². The lowest BCUT2D eigenvalue weighted by molar-refractivity contribution is -0.122. The van der Waals surface area contributed by atoms with E-state index in [1.807, 2.05) is 32.0 Å². The molecule has 0 saturated carbocycles. The summed E-state index contributed by atoms with van der Waals surface area (Å²) in [7, 11) is -3.86. The fourth-order valence-corrected chi connectivity index (χ4v) is 4.40. The zero-order valence-corrected chi connectivity index (χ0v) is 20.0. The Kier molecular flexibility index (Phi) is 7.33. The van der Waals surface area contributed by atoms with Crippen LogP contribution in [0, 0.1) is 13.8 Å². The minimum Gasteiger partial charge on any atom is -0.481 e. The van der Waals surface area contributed by atoms with Crippen LogP contribution in [0.25, 0.3) is 0 Å². The van der Waals surface area contributed by atoms with Crippen LogP contribution in [-0.4, -0.2) is 20.4 Å². The third kappa shape index (κ3) is 6.16. The van der Waals surface area contributed by atoms with Crippen LogP contribution >= 0.6 is 23.2 Å². The van der Waals surface area contributed by atoms with E-state index in [1.165, 1.54) is 42.5 Å². The molecule has 0 heterocycles. The summed E-state index contributed by atoms with van der Waals surface area (Å²) in [5.41, 5.74) is 2.89. The monoisotopic (exact) mass is 492 g/mol. The quantitative estimate of drug-likeness (QED) is 0.435. The van der Waals surface area contributed by atoms with Crippen LogP contribution in [-0.2, 0) is 14.8 Å². The van der Waals surface area contributed by atoms with Crippen LogP contribution < -0.4 is 14.8 Å². The van der Waals surface area contributed by atoms with E-state index in [9.17, 15) is 13.2 Å². The third-order valence-corrected chi connectivity index (χ3v) is 6.54. The molecule has 3 aromatic carbocycles. The molecule has 0 aliphatic heterocycles. The fraction of sp³-hybridized carbons (Fsp3) is 0.174.